The smallest absolute Gasteiger partial charge is 0.223 e. The minimum absolute atomic E-state index is 0.0447. The van der Waals surface area contributed by atoms with Gasteiger partial charge in [-0.25, -0.2) is 8.42 Å². The van der Waals surface area contributed by atoms with E-state index in [1.165, 1.54) is 9.87 Å². The van der Waals surface area contributed by atoms with Crippen molar-refractivity contribution < 1.29 is 13.2 Å². The number of fused-ring (bicyclic) bond motifs is 1. The highest BCUT2D eigenvalue weighted by Crippen LogP contribution is 2.21. The van der Waals surface area contributed by atoms with E-state index in [1.54, 1.807) is 4.90 Å². The lowest BCUT2D eigenvalue weighted by Crippen LogP contribution is -2.49. The van der Waals surface area contributed by atoms with Gasteiger partial charge < -0.3 is 9.80 Å². The molecule has 1 amide bonds. The highest BCUT2D eigenvalue weighted by molar-refractivity contribution is 7.89. The van der Waals surface area contributed by atoms with Gasteiger partial charge in [-0.2, -0.15) is 4.31 Å². The number of likely N-dealkylation sites (N-methyl/N-ethyl adjacent to an activating group) is 1. The normalized spacial score (nSPS) is 19.6. The zero-order valence-electron chi connectivity index (χ0n) is 14.9. The maximum absolute atomic E-state index is 12.6. The molecule has 138 valence electrons. The van der Waals surface area contributed by atoms with E-state index >= 15 is 0 Å². The van der Waals surface area contributed by atoms with Crippen LogP contribution in [0.15, 0.2) is 24.3 Å². The average Bonchev–Trinajstić information content (AvgIpc) is 2.66. The third-order valence-electron chi connectivity index (χ3n) is 5.24. The molecule has 0 saturated carbocycles. The van der Waals surface area contributed by atoms with E-state index in [0.717, 1.165) is 31.6 Å². The van der Waals surface area contributed by atoms with Crippen LogP contribution >= 0.6 is 0 Å². The van der Waals surface area contributed by atoms with E-state index in [0.29, 0.717) is 26.2 Å². The van der Waals surface area contributed by atoms with E-state index in [9.17, 15) is 13.2 Å². The third kappa shape index (κ3) is 4.40. The molecule has 0 atom stereocenters. The molecule has 2 heterocycles. The summed E-state index contributed by atoms with van der Waals surface area (Å²) >= 11 is 0. The molecule has 2 aliphatic rings. The molecule has 1 saturated heterocycles. The Morgan fingerprint density at radius 1 is 1.04 bits per heavy atom. The number of piperazine rings is 1. The molecule has 0 spiro atoms. The minimum Gasteiger partial charge on any atom is -0.340 e. The molecule has 25 heavy (non-hydrogen) atoms. The maximum Gasteiger partial charge on any atom is 0.223 e. The molecule has 0 aliphatic carbocycles. The Hall–Kier alpha value is -1.44. The molecular weight excluding hydrogens is 338 g/mol. The average molecular weight is 365 g/mol. The number of sulfonamides is 1. The molecule has 2 aliphatic heterocycles. The topological polar surface area (TPSA) is 60.9 Å². The monoisotopic (exact) mass is 365 g/mol. The Bertz CT molecular complexity index is 712. The van der Waals surface area contributed by atoms with Gasteiger partial charge in [0.1, 0.15) is 0 Å². The van der Waals surface area contributed by atoms with Gasteiger partial charge in [0.25, 0.3) is 0 Å². The van der Waals surface area contributed by atoms with Crippen LogP contribution in [-0.2, 0) is 27.8 Å². The summed E-state index contributed by atoms with van der Waals surface area (Å²) in [6, 6.07) is 7.96. The molecule has 1 aromatic carbocycles. The van der Waals surface area contributed by atoms with Crippen molar-refractivity contribution in [3.05, 3.63) is 35.4 Å². The van der Waals surface area contributed by atoms with E-state index in [-0.39, 0.29) is 18.1 Å². The van der Waals surface area contributed by atoms with Gasteiger partial charge in [0.15, 0.2) is 0 Å². The lowest BCUT2D eigenvalue weighted by Gasteiger charge is -2.34. The van der Waals surface area contributed by atoms with E-state index < -0.39 is 10.0 Å². The highest BCUT2D eigenvalue weighted by Gasteiger charge is 2.28. The fourth-order valence-electron chi connectivity index (χ4n) is 3.52. The first-order chi connectivity index (χ1) is 12.0. The van der Waals surface area contributed by atoms with Crippen molar-refractivity contribution in [2.24, 2.45) is 0 Å². The zero-order chi connectivity index (χ0) is 17.9. The fraction of sp³-hybridized carbons (Fsp3) is 0.611. The number of hydrogen-bond donors (Lipinski definition) is 0. The second kappa shape index (κ2) is 7.85. The van der Waals surface area contributed by atoms with Gasteiger partial charge in [-0.3, -0.25) is 4.79 Å². The largest absolute Gasteiger partial charge is 0.340 e. The molecule has 1 fully saturated rings. The predicted molar refractivity (Wildman–Crippen MR) is 97.7 cm³/mol. The van der Waals surface area contributed by atoms with Crippen LogP contribution < -0.4 is 0 Å². The molecule has 1 aromatic rings. The number of hydrogen-bond acceptors (Lipinski definition) is 4. The third-order valence-corrected chi connectivity index (χ3v) is 7.05. The highest BCUT2D eigenvalue weighted by atomic mass is 32.2. The lowest BCUT2D eigenvalue weighted by atomic mass is 10.0. The second-order valence-corrected chi connectivity index (χ2v) is 8.82. The second-order valence-electron chi connectivity index (χ2n) is 6.73. The molecule has 0 N–H and O–H groups in total. The van der Waals surface area contributed by atoms with Crippen molar-refractivity contribution in [3.8, 4) is 0 Å². The maximum atomic E-state index is 12.6. The van der Waals surface area contributed by atoms with Crippen LogP contribution in [0, 0.1) is 0 Å². The van der Waals surface area contributed by atoms with Gasteiger partial charge in [0, 0.05) is 45.7 Å². The molecule has 3 rings (SSSR count). The van der Waals surface area contributed by atoms with Gasteiger partial charge in [-0.1, -0.05) is 31.2 Å². The van der Waals surface area contributed by atoms with Crippen molar-refractivity contribution >= 4 is 15.9 Å². The summed E-state index contributed by atoms with van der Waals surface area (Å²) in [6.07, 6.45) is 0.814. The molecule has 0 radical (unpaired) electrons. The van der Waals surface area contributed by atoms with Crippen LogP contribution in [0.2, 0.25) is 0 Å². The summed E-state index contributed by atoms with van der Waals surface area (Å²) in [7, 11) is -3.40. The molecule has 0 bridgehead atoms. The number of benzene rings is 1. The summed E-state index contributed by atoms with van der Waals surface area (Å²) in [5.41, 5.74) is 2.29. The Labute approximate surface area is 150 Å². The fourth-order valence-corrected chi connectivity index (χ4v) is 4.92. The van der Waals surface area contributed by atoms with Crippen LogP contribution in [0.4, 0.5) is 0 Å². The Morgan fingerprint density at radius 3 is 2.40 bits per heavy atom. The van der Waals surface area contributed by atoms with Crippen molar-refractivity contribution in [1.29, 1.82) is 0 Å². The summed E-state index contributed by atoms with van der Waals surface area (Å²) < 4.78 is 26.8. The van der Waals surface area contributed by atoms with Crippen molar-refractivity contribution in [2.45, 2.75) is 26.3 Å². The number of rotatable bonds is 5. The number of carbonyl (C=O) groups is 1. The van der Waals surface area contributed by atoms with Gasteiger partial charge in [0.05, 0.1) is 5.75 Å². The van der Waals surface area contributed by atoms with E-state index in [2.05, 4.69) is 17.9 Å². The van der Waals surface area contributed by atoms with E-state index in [4.69, 9.17) is 0 Å². The summed E-state index contributed by atoms with van der Waals surface area (Å²) in [5.74, 6) is -0.140. The molecule has 0 aromatic heterocycles. The Kier molecular flexibility index (Phi) is 5.76. The van der Waals surface area contributed by atoms with E-state index in [1.807, 2.05) is 18.2 Å². The molecular formula is C18H27N3O3S. The van der Waals surface area contributed by atoms with Crippen molar-refractivity contribution in [3.63, 3.8) is 0 Å². The van der Waals surface area contributed by atoms with Crippen molar-refractivity contribution in [1.82, 2.24) is 14.1 Å². The van der Waals surface area contributed by atoms with Crippen LogP contribution in [0.25, 0.3) is 0 Å². The van der Waals surface area contributed by atoms with Crippen LogP contribution in [0.1, 0.15) is 24.5 Å². The first-order valence-electron chi connectivity index (χ1n) is 9.04. The SMILES string of the molecule is CCN1CCN(C(=O)CCS(=O)(=O)N2CCc3ccccc3C2)CC1. The van der Waals surface area contributed by atoms with Gasteiger partial charge in [0.2, 0.25) is 15.9 Å². The summed E-state index contributed by atoms with van der Waals surface area (Å²) in [6.45, 7) is 7.17. The van der Waals surface area contributed by atoms with Gasteiger partial charge in [-0.05, 0) is 24.1 Å². The predicted octanol–water partition coefficient (Wildman–Crippen LogP) is 0.929. The van der Waals surface area contributed by atoms with Crippen LogP contribution in [0.5, 0.6) is 0 Å². The summed E-state index contributed by atoms with van der Waals surface area (Å²) in [4.78, 5) is 16.4. The zero-order valence-corrected chi connectivity index (χ0v) is 15.7. The number of amides is 1. The Morgan fingerprint density at radius 2 is 1.72 bits per heavy atom. The summed E-state index contributed by atoms with van der Waals surface area (Å²) in [5, 5.41) is 0. The van der Waals surface area contributed by atoms with Crippen molar-refractivity contribution in [2.75, 3.05) is 45.0 Å². The first kappa shape index (κ1) is 18.4. The molecule has 7 heteroatoms. The Balaban J connectivity index is 1.53. The van der Waals surface area contributed by atoms with Crippen LogP contribution in [0.3, 0.4) is 0 Å². The van der Waals surface area contributed by atoms with Crippen LogP contribution in [-0.4, -0.2) is 73.5 Å². The molecule has 6 nitrogen and oxygen atoms in total. The standard InChI is InChI=1S/C18H27N3O3S/c1-2-19-10-12-20(13-11-19)18(22)8-14-25(23,24)21-9-7-16-5-3-4-6-17(16)15-21/h3-6H,2,7-15H2,1H3. The molecule has 0 unspecified atom stereocenters. The number of nitrogens with zero attached hydrogens (tertiary/aromatic N) is 3. The minimum atomic E-state index is -3.40. The first-order valence-corrected chi connectivity index (χ1v) is 10.7. The quantitative estimate of drug-likeness (QED) is 0.779. The number of carbonyl (C=O) groups excluding carboxylic acids is 1. The van der Waals surface area contributed by atoms with Gasteiger partial charge in [-0.15, -0.1) is 0 Å². The lowest BCUT2D eigenvalue weighted by molar-refractivity contribution is -0.132. The van der Waals surface area contributed by atoms with Gasteiger partial charge >= 0.3 is 0 Å².